The summed E-state index contributed by atoms with van der Waals surface area (Å²) in [7, 11) is -1.34. The second-order valence-electron chi connectivity index (χ2n) is 4.10. The molecule has 0 heterocycles. The summed E-state index contributed by atoms with van der Waals surface area (Å²) in [6.07, 6.45) is 0. The standard InChI is InChI=1S/C12H18N2O2S2/c1-3-14(2)8-9-18(15,16)11-6-4-10(5-7-11)12(13)17/h4-7H,3,8-9H2,1-2H3,(H2,13,17). The van der Waals surface area contributed by atoms with Crippen molar-refractivity contribution in [1.29, 1.82) is 0 Å². The lowest BCUT2D eigenvalue weighted by Crippen LogP contribution is -2.25. The van der Waals surface area contributed by atoms with Crippen LogP contribution in [0, 0.1) is 0 Å². The van der Waals surface area contributed by atoms with Crippen molar-refractivity contribution in [2.24, 2.45) is 5.73 Å². The Morgan fingerprint density at radius 1 is 1.33 bits per heavy atom. The number of sulfone groups is 1. The second kappa shape index (κ2) is 6.26. The van der Waals surface area contributed by atoms with Crippen LogP contribution in [0.15, 0.2) is 29.2 Å². The number of benzene rings is 1. The molecule has 0 aliphatic carbocycles. The van der Waals surface area contributed by atoms with E-state index in [9.17, 15) is 8.42 Å². The first kappa shape index (κ1) is 15.1. The maximum absolute atomic E-state index is 12.0. The first-order valence-electron chi connectivity index (χ1n) is 5.68. The van der Waals surface area contributed by atoms with Crippen molar-refractivity contribution in [2.45, 2.75) is 11.8 Å². The number of hydrogen-bond acceptors (Lipinski definition) is 4. The van der Waals surface area contributed by atoms with Gasteiger partial charge in [-0.05, 0) is 25.7 Å². The van der Waals surface area contributed by atoms with E-state index < -0.39 is 9.84 Å². The van der Waals surface area contributed by atoms with Gasteiger partial charge >= 0.3 is 0 Å². The molecule has 6 heteroatoms. The van der Waals surface area contributed by atoms with Gasteiger partial charge in [-0.3, -0.25) is 0 Å². The zero-order valence-electron chi connectivity index (χ0n) is 10.6. The summed E-state index contributed by atoms with van der Waals surface area (Å²) < 4.78 is 24.1. The molecule has 1 aromatic rings. The predicted molar refractivity (Wildman–Crippen MR) is 77.6 cm³/mol. The summed E-state index contributed by atoms with van der Waals surface area (Å²) in [6, 6.07) is 6.38. The van der Waals surface area contributed by atoms with Crippen molar-refractivity contribution >= 4 is 27.0 Å². The average Bonchev–Trinajstić information content (AvgIpc) is 2.36. The van der Waals surface area contributed by atoms with Crippen LogP contribution in [-0.2, 0) is 9.84 Å². The van der Waals surface area contributed by atoms with Gasteiger partial charge in [0.25, 0.3) is 0 Å². The lowest BCUT2D eigenvalue weighted by Gasteiger charge is -2.13. The molecule has 0 atom stereocenters. The molecule has 0 radical (unpaired) electrons. The van der Waals surface area contributed by atoms with Gasteiger partial charge in [0.05, 0.1) is 10.6 Å². The number of nitrogens with two attached hydrogens (primary N) is 1. The van der Waals surface area contributed by atoms with Gasteiger partial charge in [-0.2, -0.15) is 0 Å². The minimum atomic E-state index is -3.23. The van der Waals surface area contributed by atoms with E-state index in [1.807, 2.05) is 18.9 Å². The first-order valence-corrected chi connectivity index (χ1v) is 7.74. The van der Waals surface area contributed by atoms with Crippen LogP contribution in [0.5, 0.6) is 0 Å². The molecule has 0 fully saturated rings. The lowest BCUT2D eigenvalue weighted by atomic mass is 10.2. The Morgan fingerprint density at radius 2 is 1.89 bits per heavy atom. The Bertz CT molecular complexity index is 509. The summed E-state index contributed by atoms with van der Waals surface area (Å²) >= 11 is 4.82. The largest absolute Gasteiger partial charge is 0.389 e. The van der Waals surface area contributed by atoms with Crippen LogP contribution in [-0.4, -0.2) is 44.2 Å². The highest BCUT2D eigenvalue weighted by molar-refractivity contribution is 7.91. The van der Waals surface area contributed by atoms with Crippen LogP contribution in [0.25, 0.3) is 0 Å². The first-order chi connectivity index (χ1) is 8.36. The minimum Gasteiger partial charge on any atom is -0.389 e. The van der Waals surface area contributed by atoms with Crippen molar-refractivity contribution in [1.82, 2.24) is 4.90 Å². The fourth-order valence-electron chi connectivity index (χ4n) is 1.38. The monoisotopic (exact) mass is 286 g/mol. The molecule has 0 aliphatic rings. The third-order valence-electron chi connectivity index (χ3n) is 2.78. The highest BCUT2D eigenvalue weighted by Crippen LogP contribution is 2.12. The van der Waals surface area contributed by atoms with Crippen molar-refractivity contribution in [3.05, 3.63) is 29.8 Å². The van der Waals surface area contributed by atoms with Gasteiger partial charge in [-0.1, -0.05) is 31.3 Å². The van der Waals surface area contributed by atoms with Gasteiger partial charge in [-0.25, -0.2) is 8.42 Å². The van der Waals surface area contributed by atoms with E-state index >= 15 is 0 Å². The third-order valence-corrected chi connectivity index (χ3v) is 4.73. The summed E-state index contributed by atoms with van der Waals surface area (Å²) in [4.78, 5) is 2.54. The molecule has 1 rings (SSSR count). The molecule has 0 bridgehead atoms. The highest BCUT2D eigenvalue weighted by atomic mass is 32.2. The molecule has 0 unspecified atom stereocenters. The predicted octanol–water partition coefficient (Wildman–Crippen LogP) is 1.05. The van der Waals surface area contributed by atoms with Gasteiger partial charge in [0.1, 0.15) is 4.99 Å². The topological polar surface area (TPSA) is 63.4 Å². The van der Waals surface area contributed by atoms with E-state index in [0.717, 1.165) is 6.54 Å². The van der Waals surface area contributed by atoms with Crippen LogP contribution < -0.4 is 5.73 Å². The molecular formula is C12H18N2O2S2. The molecule has 18 heavy (non-hydrogen) atoms. The summed E-state index contributed by atoms with van der Waals surface area (Å²) in [5.41, 5.74) is 6.14. The van der Waals surface area contributed by atoms with Crippen LogP contribution in [0.4, 0.5) is 0 Å². The molecule has 4 nitrogen and oxygen atoms in total. The van der Waals surface area contributed by atoms with E-state index in [1.165, 1.54) is 0 Å². The fourth-order valence-corrected chi connectivity index (χ4v) is 2.85. The van der Waals surface area contributed by atoms with Crippen molar-refractivity contribution in [3.63, 3.8) is 0 Å². The van der Waals surface area contributed by atoms with Gasteiger partial charge in [0, 0.05) is 12.1 Å². The van der Waals surface area contributed by atoms with Crippen molar-refractivity contribution in [2.75, 3.05) is 25.9 Å². The van der Waals surface area contributed by atoms with E-state index in [2.05, 4.69) is 0 Å². The van der Waals surface area contributed by atoms with Crippen LogP contribution >= 0.6 is 12.2 Å². The molecule has 0 saturated carbocycles. The molecule has 0 spiro atoms. The Morgan fingerprint density at radius 3 is 2.33 bits per heavy atom. The van der Waals surface area contributed by atoms with Crippen LogP contribution in [0.2, 0.25) is 0 Å². The molecule has 2 N–H and O–H groups in total. The number of hydrogen-bond donors (Lipinski definition) is 1. The van der Waals surface area contributed by atoms with Crippen LogP contribution in [0.1, 0.15) is 12.5 Å². The summed E-state index contributed by atoms with van der Waals surface area (Å²) in [5, 5.41) is 0. The third kappa shape index (κ3) is 4.04. The van der Waals surface area contributed by atoms with Gasteiger partial charge in [-0.15, -0.1) is 0 Å². The molecule has 0 amide bonds. The molecule has 0 aliphatic heterocycles. The SMILES string of the molecule is CCN(C)CCS(=O)(=O)c1ccc(C(N)=S)cc1. The van der Waals surface area contributed by atoms with Crippen molar-refractivity contribution in [3.8, 4) is 0 Å². The molecule has 100 valence electrons. The molecule has 0 saturated heterocycles. The average molecular weight is 286 g/mol. The fraction of sp³-hybridized carbons (Fsp3) is 0.417. The van der Waals surface area contributed by atoms with Gasteiger partial charge < -0.3 is 10.6 Å². The maximum atomic E-state index is 12.0. The Balaban J connectivity index is 2.82. The number of nitrogens with zero attached hydrogens (tertiary/aromatic N) is 1. The Labute approximate surface area is 114 Å². The number of rotatable bonds is 6. The second-order valence-corrected chi connectivity index (χ2v) is 6.65. The van der Waals surface area contributed by atoms with Crippen LogP contribution in [0.3, 0.4) is 0 Å². The zero-order chi connectivity index (χ0) is 13.8. The molecule has 0 aromatic heterocycles. The smallest absolute Gasteiger partial charge is 0.179 e. The van der Waals surface area contributed by atoms with E-state index in [-0.39, 0.29) is 10.7 Å². The Hall–Kier alpha value is -0.980. The quantitative estimate of drug-likeness (QED) is 0.792. The minimum absolute atomic E-state index is 0.115. The molecule has 1 aromatic carbocycles. The van der Waals surface area contributed by atoms with Crippen molar-refractivity contribution < 1.29 is 8.42 Å². The highest BCUT2D eigenvalue weighted by Gasteiger charge is 2.15. The summed E-state index contributed by atoms with van der Waals surface area (Å²) in [6.45, 7) is 3.34. The van der Waals surface area contributed by atoms with Gasteiger partial charge in [0.15, 0.2) is 9.84 Å². The Kier molecular flexibility index (Phi) is 5.25. The summed E-state index contributed by atoms with van der Waals surface area (Å²) in [5.74, 6) is 0.115. The van der Waals surface area contributed by atoms with E-state index in [4.69, 9.17) is 18.0 Å². The number of thiocarbonyl (C=S) groups is 1. The normalized spacial score (nSPS) is 11.7. The van der Waals surface area contributed by atoms with E-state index in [0.29, 0.717) is 17.0 Å². The van der Waals surface area contributed by atoms with E-state index in [1.54, 1.807) is 24.3 Å². The molecular weight excluding hydrogens is 268 g/mol. The maximum Gasteiger partial charge on any atom is 0.179 e. The zero-order valence-corrected chi connectivity index (χ0v) is 12.2. The van der Waals surface area contributed by atoms with Gasteiger partial charge in [0.2, 0.25) is 0 Å². The lowest BCUT2D eigenvalue weighted by molar-refractivity contribution is 0.373.